The first-order valence-electron chi connectivity index (χ1n) is 8.25. The molecule has 1 N–H and O–H groups in total. The van der Waals surface area contributed by atoms with Gasteiger partial charge in [-0.25, -0.2) is 4.79 Å². The van der Waals surface area contributed by atoms with E-state index in [1.165, 1.54) is 13.5 Å². The van der Waals surface area contributed by atoms with Crippen LogP contribution in [0, 0.1) is 5.92 Å². The Morgan fingerprint density at radius 1 is 1.33 bits per heavy atom. The van der Waals surface area contributed by atoms with Crippen molar-refractivity contribution in [2.24, 2.45) is 5.92 Å². The van der Waals surface area contributed by atoms with Gasteiger partial charge in [0.25, 0.3) is 0 Å². The molecule has 1 aliphatic carbocycles. The molecule has 0 aromatic rings. The lowest BCUT2D eigenvalue weighted by Crippen LogP contribution is -2.58. The van der Waals surface area contributed by atoms with Crippen LogP contribution in [0.3, 0.4) is 0 Å². The van der Waals surface area contributed by atoms with Gasteiger partial charge in [0.05, 0.1) is 26.4 Å². The monoisotopic (exact) mass is 299 g/mol. The van der Waals surface area contributed by atoms with E-state index in [1.807, 2.05) is 0 Å². The van der Waals surface area contributed by atoms with Crippen LogP contribution in [-0.2, 0) is 19.0 Å². The average molecular weight is 299 g/mol. The van der Waals surface area contributed by atoms with Crippen LogP contribution in [0.2, 0.25) is 0 Å². The Hall–Kier alpha value is -0.650. The van der Waals surface area contributed by atoms with Crippen molar-refractivity contribution in [3.8, 4) is 0 Å². The molecule has 1 saturated heterocycles. The zero-order valence-electron chi connectivity index (χ0n) is 13.4. The predicted molar refractivity (Wildman–Crippen MR) is 80.2 cm³/mol. The number of hydrogen-bond acceptors (Lipinski definition) is 5. The Bertz CT molecular complexity index is 326. The second-order valence-electron chi connectivity index (χ2n) is 6.17. The van der Waals surface area contributed by atoms with Crippen LogP contribution in [0.1, 0.15) is 45.4 Å². The maximum absolute atomic E-state index is 12.3. The van der Waals surface area contributed by atoms with Crippen molar-refractivity contribution in [3.63, 3.8) is 0 Å². The van der Waals surface area contributed by atoms with E-state index in [4.69, 9.17) is 14.2 Å². The van der Waals surface area contributed by atoms with Gasteiger partial charge < -0.3 is 14.2 Å². The fourth-order valence-corrected chi connectivity index (χ4v) is 3.01. The summed E-state index contributed by atoms with van der Waals surface area (Å²) in [5, 5.41) is 3.39. The van der Waals surface area contributed by atoms with Crippen LogP contribution >= 0.6 is 0 Å². The zero-order valence-corrected chi connectivity index (χ0v) is 13.4. The highest BCUT2D eigenvalue weighted by molar-refractivity contribution is 5.82. The van der Waals surface area contributed by atoms with Crippen LogP contribution in [-0.4, -0.2) is 51.1 Å². The number of esters is 1. The summed E-state index contributed by atoms with van der Waals surface area (Å²) in [4.78, 5) is 12.3. The molecule has 2 atom stereocenters. The van der Waals surface area contributed by atoms with Crippen molar-refractivity contribution in [1.82, 2.24) is 5.32 Å². The van der Waals surface area contributed by atoms with Gasteiger partial charge in [0.2, 0.25) is 0 Å². The minimum Gasteiger partial charge on any atom is -0.468 e. The number of nitrogens with one attached hydrogen (secondary N) is 1. The Labute approximate surface area is 127 Å². The number of methoxy groups -OCH3 is 1. The van der Waals surface area contributed by atoms with Gasteiger partial charge in [0.1, 0.15) is 5.54 Å². The second-order valence-corrected chi connectivity index (χ2v) is 6.17. The van der Waals surface area contributed by atoms with Crippen LogP contribution in [0.15, 0.2) is 0 Å². The summed E-state index contributed by atoms with van der Waals surface area (Å²) < 4.78 is 16.6. The molecule has 0 bridgehead atoms. The normalized spacial score (nSPS) is 25.3. The van der Waals surface area contributed by atoms with E-state index in [0.29, 0.717) is 19.1 Å². The first kappa shape index (κ1) is 16.7. The summed E-state index contributed by atoms with van der Waals surface area (Å²) >= 11 is 0. The molecular weight excluding hydrogens is 270 g/mol. The minimum absolute atomic E-state index is 0.180. The van der Waals surface area contributed by atoms with Crippen LogP contribution in [0.25, 0.3) is 0 Å². The van der Waals surface area contributed by atoms with Gasteiger partial charge in [-0.05, 0) is 51.0 Å². The molecule has 1 saturated carbocycles. The zero-order chi connectivity index (χ0) is 15.1. The van der Waals surface area contributed by atoms with Gasteiger partial charge in [0.15, 0.2) is 0 Å². The maximum atomic E-state index is 12.3. The molecule has 2 aliphatic rings. The SMILES string of the molecule is CCCNC(COCC1CCCCO1)(C(=O)OC)C1CC1. The average Bonchev–Trinajstić information content (AvgIpc) is 3.36. The molecule has 5 heteroatoms. The van der Waals surface area contributed by atoms with Crippen molar-refractivity contribution >= 4 is 5.97 Å². The molecule has 0 amide bonds. The largest absolute Gasteiger partial charge is 0.468 e. The summed E-state index contributed by atoms with van der Waals surface area (Å²) in [6, 6.07) is 0. The lowest BCUT2D eigenvalue weighted by atomic mass is 9.93. The van der Waals surface area contributed by atoms with Gasteiger partial charge in [-0.2, -0.15) is 0 Å². The van der Waals surface area contributed by atoms with Crippen LogP contribution in [0.4, 0.5) is 0 Å². The highest BCUT2D eigenvalue weighted by atomic mass is 16.5. The fourth-order valence-electron chi connectivity index (χ4n) is 3.01. The maximum Gasteiger partial charge on any atom is 0.328 e. The highest BCUT2D eigenvalue weighted by Gasteiger charge is 2.51. The van der Waals surface area contributed by atoms with E-state index in [-0.39, 0.29) is 12.1 Å². The summed E-state index contributed by atoms with van der Waals surface area (Å²) in [5.74, 6) is 0.145. The molecule has 0 aromatic heterocycles. The van der Waals surface area contributed by atoms with Crippen molar-refractivity contribution in [2.75, 3.05) is 33.5 Å². The number of hydrogen-bond donors (Lipinski definition) is 1. The molecule has 5 nitrogen and oxygen atoms in total. The second kappa shape index (κ2) is 8.11. The van der Waals surface area contributed by atoms with E-state index in [2.05, 4.69) is 12.2 Å². The Balaban J connectivity index is 1.89. The molecule has 2 rings (SSSR count). The lowest BCUT2D eigenvalue weighted by molar-refractivity contribution is -0.154. The standard InChI is InChI=1S/C16H29NO4/c1-3-9-17-16(13-7-8-13,15(18)19-2)12-20-11-14-6-4-5-10-21-14/h13-14,17H,3-12H2,1-2H3. The number of carbonyl (C=O) groups excluding carboxylic acids is 1. The molecule has 21 heavy (non-hydrogen) atoms. The summed E-state index contributed by atoms with van der Waals surface area (Å²) in [5.41, 5.74) is -0.667. The molecule has 0 spiro atoms. The summed E-state index contributed by atoms with van der Waals surface area (Å²) in [6.45, 7) is 4.67. The van der Waals surface area contributed by atoms with Gasteiger partial charge in [-0.3, -0.25) is 5.32 Å². The molecule has 1 heterocycles. The molecular formula is C16H29NO4. The molecule has 1 aliphatic heterocycles. The van der Waals surface area contributed by atoms with E-state index in [9.17, 15) is 4.79 Å². The number of ether oxygens (including phenoxy) is 3. The van der Waals surface area contributed by atoms with Crippen LogP contribution < -0.4 is 5.32 Å². The molecule has 2 unspecified atom stereocenters. The fraction of sp³-hybridized carbons (Fsp3) is 0.938. The summed E-state index contributed by atoms with van der Waals surface area (Å²) in [6.07, 6.45) is 6.69. The van der Waals surface area contributed by atoms with E-state index >= 15 is 0 Å². The molecule has 0 aromatic carbocycles. The lowest BCUT2D eigenvalue weighted by Gasteiger charge is -2.33. The Kier molecular flexibility index (Phi) is 6.45. The van der Waals surface area contributed by atoms with Gasteiger partial charge >= 0.3 is 5.97 Å². The Morgan fingerprint density at radius 2 is 2.14 bits per heavy atom. The molecule has 2 fully saturated rings. The third-order valence-corrected chi connectivity index (χ3v) is 4.42. The van der Waals surface area contributed by atoms with Crippen molar-refractivity contribution in [3.05, 3.63) is 0 Å². The summed E-state index contributed by atoms with van der Waals surface area (Å²) in [7, 11) is 1.46. The van der Waals surface area contributed by atoms with Gasteiger partial charge in [-0.1, -0.05) is 6.92 Å². The van der Waals surface area contributed by atoms with E-state index in [0.717, 1.165) is 45.3 Å². The van der Waals surface area contributed by atoms with Crippen molar-refractivity contribution < 1.29 is 19.0 Å². The smallest absolute Gasteiger partial charge is 0.328 e. The quantitative estimate of drug-likeness (QED) is 0.659. The third-order valence-electron chi connectivity index (χ3n) is 4.42. The van der Waals surface area contributed by atoms with Crippen molar-refractivity contribution in [1.29, 1.82) is 0 Å². The third kappa shape index (κ3) is 4.41. The minimum atomic E-state index is -0.667. The topological polar surface area (TPSA) is 56.8 Å². The predicted octanol–water partition coefficient (Wildman–Crippen LogP) is 1.89. The first-order chi connectivity index (χ1) is 10.2. The number of carbonyl (C=O) groups is 1. The number of rotatable bonds is 9. The van der Waals surface area contributed by atoms with E-state index < -0.39 is 5.54 Å². The van der Waals surface area contributed by atoms with Crippen LogP contribution in [0.5, 0.6) is 0 Å². The highest BCUT2D eigenvalue weighted by Crippen LogP contribution is 2.40. The molecule has 0 radical (unpaired) electrons. The molecule has 122 valence electrons. The van der Waals surface area contributed by atoms with Gasteiger partial charge in [-0.15, -0.1) is 0 Å². The van der Waals surface area contributed by atoms with Gasteiger partial charge in [0, 0.05) is 6.61 Å². The van der Waals surface area contributed by atoms with Crippen molar-refractivity contribution in [2.45, 2.75) is 57.1 Å². The van der Waals surface area contributed by atoms with E-state index in [1.54, 1.807) is 0 Å². The first-order valence-corrected chi connectivity index (χ1v) is 8.25. The Morgan fingerprint density at radius 3 is 2.71 bits per heavy atom.